The van der Waals surface area contributed by atoms with E-state index in [1.807, 2.05) is 0 Å². The Hall–Kier alpha value is -2.55. The highest BCUT2D eigenvalue weighted by Gasteiger charge is 2.35. The van der Waals surface area contributed by atoms with Crippen LogP contribution >= 0.6 is 11.8 Å². The lowest BCUT2D eigenvalue weighted by atomic mass is 10.1. The van der Waals surface area contributed by atoms with E-state index in [9.17, 15) is 22.8 Å². The average molecular weight is 381 g/mol. The fraction of sp³-hybridized carbons (Fsp3) is 0.235. The minimum Gasteiger partial charge on any atom is -0.323 e. The number of nitrogens with one attached hydrogen (secondary N) is 1. The van der Waals surface area contributed by atoms with Gasteiger partial charge in [-0.3, -0.25) is 14.5 Å². The van der Waals surface area contributed by atoms with E-state index >= 15 is 0 Å². The van der Waals surface area contributed by atoms with Crippen molar-refractivity contribution >= 4 is 35.0 Å². The van der Waals surface area contributed by atoms with Crippen LogP contribution in [0, 0.1) is 0 Å². The lowest BCUT2D eigenvalue weighted by Crippen LogP contribution is -2.45. The first-order valence-corrected chi connectivity index (χ1v) is 8.54. The highest BCUT2D eigenvalue weighted by atomic mass is 32.2. The number of carbonyl (C=O) groups excluding carboxylic acids is 2. The summed E-state index contributed by atoms with van der Waals surface area (Å²) in [6, 6.07) is 8.22. The third-order valence-electron chi connectivity index (χ3n) is 3.74. The average Bonchev–Trinajstić information content (AvgIpc) is 2.59. The summed E-state index contributed by atoms with van der Waals surface area (Å²) in [4.78, 5) is 30.0. The molecule has 9 heteroatoms. The van der Waals surface area contributed by atoms with Crippen LogP contribution in [0.2, 0.25) is 0 Å². The molecule has 1 N–H and O–H groups in total. The molecule has 26 heavy (non-hydrogen) atoms. The summed E-state index contributed by atoms with van der Waals surface area (Å²) in [5.74, 6) is -0.920. The number of thioether (sulfide) groups is 1. The molecule has 1 aliphatic rings. The van der Waals surface area contributed by atoms with E-state index in [2.05, 4.69) is 10.3 Å². The molecule has 0 bridgehead atoms. The zero-order valence-electron chi connectivity index (χ0n) is 13.6. The van der Waals surface area contributed by atoms with Gasteiger partial charge in [0.25, 0.3) is 0 Å². The van der Waals surface area contributed by atoms with Gasteiger partial charge in [-0.05, 0) is 37.3 Å². The van der Waals surface area contributed by atoms with Gasteiger partial charge in [-0.25, -0.2) is 4.98 Å². The molecule has 0 aliphatic carbocycles. The fourth-order valence-electron chi connectivity index (χ4n) is 2.53. The molecule has 5 nitrogen and oxygen atoms in total. The quantitative estimate of drug-likeness (QED) is 0.826. The molecule has 0 saturated carbocycles. The van der Waals surface area contributed by atoms with Gasteiger partial charge in [-0.15, -0.1) is 0 Å². The first-order valence-electron chi connectivity index (χ1n) is 7.66. The number of hydrogen-bond acceptors (Lipinski definition) is 4. The van der Waals surface area contributed by atoms with Crippen molar-refractivity contribution in [3.8, 4) is 0 Å². The number of halogens is 3. The minimum absolute atomic E-state index is 0.0283. The van der Waals surface area contributed by atoms with Gasteiger partial charge < -0.3 is 5.32 Å². The third-order valence-corrected chi connectivity index (χ3v) is 4.78. The molecular weight excluding hydrogens is 367 g/mol. The van der Waals surface area contributed by atoms with Gasteiger partial charge in [-0.1, -0.05) is 17.8 Å². The molecule has 0 spiro atoms. The van der Waals surface area contributed by atoms with Crippen LogP contribution in [-0.4, -0.2) is 28.6 Å². The molecule has 0 saturated heterocycles. The van der Waals surface area contributed by atoms with Crippen LogP contribution < -0.4 is 10.2 Å². The molecule has 2 heterocycles. The van der Waals surface area contributed by atoms with Gasteiger partial charge in [0.1, 0.15) is 6.54 Å². The first kappa shape index (κ1) is 18.2. The molecule has 3 rings (SSSR count). The molecule has 136 valence electrons. The maximum absolute atomic E-state index is 12.9. The number of rotatable bonds is 3. The van der Waals surface area contributed by atoms with E-state index in [1.165, 1.54) is 22.7 Å². The fourth-order valence-corrected chi connectivity index (χ4v) is 3.40. The van der Waals surface area contributed by atoms with E-state index in [0.717, 1.165) is 12.1 Å². The van der Waals surface area contributed by atoms with E-state index in [4.69, 9.17) is 0 Å². The Morgan fingerprint density at radius 1 is 1.31 bits per heavy atom. The number of pyridine rings is 1. The smallest absolute Gasteiger partial charge is 0.323 e. The number of amides is 2. The number of anilines is 2. The van der Waals surface area contributed by atoms with Crippen molar-refractivity contribution in [3.05, 3.63) is 48.2 Å². The van der Waals surface area contributed by atoms with Gasteiger partial charge in [0, 0.05) is 6.20 Å². The number of carbonyl (C=O) groups is 2. The minimum atomic E-state index is -4.53. The normalized spacial score (nSPS) is 15.2. The van der Waals surface area contributed by atoms with Gasteiger partial charge in [0.2, 0.25) is 11.8 Å². The monoisotopic (exact) mass is 381 g/mol. The third kappa shape index (κ3) is 3.82. The van der Waals surface area contributed by atoms with E-state index < -0.39 is 22.9 Å². The van der Waals surface area contributed by atoms with Crippen LogP contribution in [-0.2, 0) is 15.8 Å². The molecule has 1 atom stereocenters. The first-order chi connectivity index (χ1) is 12.3. The zero-order valence-corrected chi connectivity index (χ0v) is 14.4. The largest absolute Gasteiger partial charge is 0.416 e. The van der Waals surface area contributed by atoms with Crippen molar-refractivity contribution in [1.29, 1.82) is 0 Å². The van der Waals surface area contributed by atoms with Crippen molar-refractivity contribution in [3.63, 3.8) is 0 Å². The van der Waals surface area contributed by atoms with Crippen molar-refractivity contribution in [2.24, 2.45) is 0 Å². The Kier molecular flexibility index (Phi) is 4.90. The summed E-state index contributed by atoms with van der Waals surface area (Å²) >= 11 is 1.21. The Morgan fingerprint density at radius 3 is 2.73 bits per heavy atom. The van der Waals surface area contributed by atoms with E-state index in [1.54, 1.807) is 31.3 Å². The second-order valence-electron chi connectivity index (χ2n) is 5.63. The number of aromatic nitrogens is 1. The summed E-state index contributed by atoms with van der Waals surface area (Å²) in [6.45, 7) is 1.42. The summed E-state index contributed by atoms with van der Waals surface area (Å²) < 4.78 is 38.6. The Morgan fingerprint density at radius 2 is 2.08 bits per heavy atom. The standard InChI is InChI=1S/C17H14F3N3O2S/c1-10(26-15-4-2-3-7-21-15)16(25)23-9-14(24)22-12-8-11(17(18,19)20)5-6-13(12)23/h2-8,10H,9H2,1H3,(H,22,24)/t10-/m0/s1. The summed E-state index contributed by atoms with van der Waals surface area (Å²) in [7, 11) is 0. The van der Waals surface area contributed by atoms with Crippen LogP contribution in [0.1, 0.15) is 12.5 Å². The molecule has 2 amide bonds. The van der Waals surface area contributed by atoms with Crippen LogP contribution in [0.15, 0.2) is 47.6 Å². The SMILES string of the molecule is C[C@H](Sc1ccccn1)C(=O)N1CC(=O)Nc2cc(C(F)(F)F)ccc21. The molecule has 1 aromatic carbocycles. The predicted molar refractivity (Wildman–Crippen MR) is 92.0 cm³/mol. The maximum atomic E-state index is 12.9. The zero-order chi connectivity index (χ0) is 18.9. The highest BCUT2D eigenvalue weighted by Crippen LogP contribution is 2.37. The van der Waals surface area contributed by atoms with Crippen molar-refractivity contribution < 1.29 is 22.8 Å². The van der Waals surface area contributed by atoms with Gasteiger partial charge in [0.15, 0.2) is 0 Å². The summed E-state index contributed by atoms with van der Waals surface area (Å²) in [5, 5.41) is 2.47. The Balaban J connectivity index is 1.87. The predicted octanol–water partition coefficient (Wildman–Crippen LogP) is 3.57. The van der Waals surface area contributed by atoms with E-state index in [0.29, 0.717) is 5.03 Å². The van der Waals surface area contributed by atoms with Gasteiger partial charge in [-0.2, -0.15) is 13.2 Å². The van der Waals surface area contributed by atoms with Gasteiger partial charge >= 0.3 is 6.18 Å². The number of nitrogens with zero attached hydrogens (tertiary/aromatic N) is 2. The van der Waals surface area contributed by atoms with Crippen LogP contribution in [0.3, 0.4) is 0 Å². The number of benzene rings is 1. The van der Waals surface area contributed by atoms with Gasteiger partial charge in [0.05, 0.1) is 27.2 Å². The highest BCUT2D eigenvalue weighted by molar-refractivity contribution is 8.00. The second kappa shape index (κ2) is 6.99. The topological polar surface area (TPSA) is 62.3 Å². The van der Waals surface area contributed by atoms with Crippen LogP contribution in [0.4, 0.5) is 24.5 Å². The Bertz CT molecular complexity index is 843. The van der Waals surface area contributed by atoms with Crippen molar-refractivity contribution in [2.75, 3.05) is 16.8 Å². The Labute approximate surface area is 151 Å². The molecular formula is C17H14F3N3O2S. The molecule has 1 aromatic heterocycles. The van der Waals surface area contributed by atoms with Crippen molar-refractivity contribution in [2.45, 2.75) is 23.4 Å². The lowest BCUT2D eigenvalue weighted by Gasteiger charge is -2.31. The summed E-state index contributed by atoms with van der Waals surface area (Å²) in [6.07, 6.45) is -2.93. The van der Waals surface area contributed by atoms with Crippen LogP contribution in [0.25, 0.3) is 0 Å². The number of hydrogen-bond donors (Lipinski definition) is 1. The molecule has 0 unspecified atom stereocenters. The van der Waals surface area contributed by atoms with Crippen LogP contribution in [0.5, 0.6) is 0 Å². The summed E-state index contributed by atoms with van der Waals surface area (Å²) in [5.41, 5.74) is -0.669. The molecule has 0 fully saturated rings. The van der Waals surface area contributed by atoms with E-state index in [-0.39, 0.29) is 23.8 Å². The van der Waals surface area contributed by atoms with Crippen molar-refractivity contribution in [1.82, 2.24) is 4.98 Å². The molecule has 0 radical (unpaired) electrons. The maximum Gasteiger partial charge on any atom is 0.416 e. The lowest BCUT2D eigenvalue weighted by molar-refractivity contribution is -0.137. The number of alkyl halides is 3. The number of fused-ring (bicyclic) bond motifs is 1. The molecule has 1 aliphatic heterocycles. The molecule has 2 aromatic rings. The second-order valence-corrected chi connectivity index (χ2v) is 6.99.